The van der Waals surface area contributed by atoms with E-state index in [0.717, 1.165) is 23.9 Å². The molecule has 0 radical (unpaired) electrons. The molecular weight excluding hydrogens is 288 g/mol. The number of benzene rings is 1. The van der Waals surface area contributed by atoms with Crippen LogP contribution in [0.25, 0.3) is 6.08 Å². The van der Waals surface area contributed by atoms with E-state index in [1.54, 1.807) is 18.5 Å². The Labute approximate surface area is 128 Å². The van der Waals surface area contributed by atoms with Gasteiger partial charge in [-0.2, -0.15) is 0 Å². The van der Waals surface area contributed by atoms with E-state index in [2.05, 4.69) is 9.88 Å². The molecule has 5 heteroatoms. The van der Waals surface area contributed by atoms with E-state index in [9.17, 15) is 4.79 Å². The summed E-state index contributed by atoms with van der Waals surface area (Å²) in [5.41, 5.74) is 2.79. The molecule has 0 fully saturated rings. The molecule has 0 aliphatic heterocycles. The van der Waals surface area contributed by atoms with Crippen LogP contribution in [0.4, 0.5) is 5.69 Å². The minimum atomic E-state index is -0.995. The Morgan fingerprint density at radius 2 is 2.05 bits per heavy atom. The summed E-state index contributed by atoms with van der Waals surface area (Å²) in [7, 11) is 1.97. The van der Waals surface area contributed by atoms with Crippen molar-refractivity contribution in [3.63, 3.8) is 0 Å². The van der Waals surface area contributed by atoms with Crippen molar-refractivity contribution in [2.75, 3.05) is 11.9 Å². The topological polar surface area (TPSA) is 53.4 Å². The molecule has 0 amide bonds. The van der Waals surface area contributed by atoms with Crippen LogP contribution in [0.15, 0.2) is 48.8 Å². The number of carboxylic acids is 1. The molecule has 1 aromatic heterocycles. The Morgan fingerprint density at radius 3 is 2.67 bits per heavy atom. The van der Waals surface area contributed by atoms with Gasteiger partial charge < -0.3 is 10.0 Å². The molecule has 108 valence electrons. The van der Waals surface area contributed by atoms with Gasteiger partial charge in [0.15, 0.2) is 0 Å². The van der Waals surface area contributed by atoms with Gasteiger partial charge in [0.05, 0.1) is 0 Å². The van der Waals surface area contributed by atoms with Crippen LogP contribution in [0.3, 0.4) is 0 Å². The maximum absolute atomic E-state index is 10.5. The summed E-state index contributed by atoms with van der Waals surface area (Å²) in [6.45, 7) is 0.739. The van der Waals surface area contributed by atoms with Crippen molar-refractivity contribution in [2.24, 2.45) is 0 Å². The predicted octanol–water partition coefficient (Wildman–Crippen LogP) is 3.47. The second-order valence-electron chi connectivity index (χ2n) is 4.59. The number of anilines is 1. The SMILES string of the molecule is CN(Cc1ccncc1)c1ccc(/C=C/C(=O)O)c(Cl)c1. The zero-order valence-corrected chi connectivity index (χ0v) is 12.3. The number of nitrogens with zero attached hydrogens (tertiary/aromatic N) is 2. The molecule has 21 heavy (non-hydrogen) atoms. The molecule has 2 aromatic rings. The highest BCUT2D eigenvalue weighted by Gasteiger charge is 2.05. The summed E-state index contributed by atoms with van der Waals surface area (Å²) in [4.78, 5) is 16.6. The number of rotatable bonds is 5. The first kappa shape index (κ1) is 15.1. The highest BCUT2D eigenvalue weighted by molar-refractivity contribution is 6.32. The summed E-state index contributed by atoms with van der Waals surface area (Å²) >= 11 is 6.18. The zero-order valence-electron chi connectivity index (χ0n) is 11.5. The van der Waals surface area contributed by atoms with Gasteiger partial charge in [-0.25, -0.2) is 4.79 Å². The fourth-order valence-electron chi connectivity index (χ4n) is 1.90. The van der Waals surface area contributed by atoms with Crippen molar-refractivity contribution in [1.29, 1.82) is 0 Å². The van der Waals surface area contributed by atoms with Crippen LogP contribution in [0.1, 0.15) is 11.1 Å². The standard InChI is InChI=1S/C16H15ClN2O2/c1-19(11-12-6-8-18-9-7-12)14-4-2-13(15(17)10-14)3-5-16(20)21/h2-10H,11H2,1H3,(H,20,21)/b5-3+. The van der Waals surface area contributed by atoms with Crippen molar-refractivity contribution < 1.29 is 9.90 Å². The van der Waals surface area contributed by atoms with Crippen molar-refractivity contribution in [1.82, 2.24) is 4.98 Å². The van der Waals surface area contributed by atoms with Crippen LogP contribution < -0.4 is 4.90 Å². The second-order valence-corrected chi connectivity index (χ2v) is 5.00. The first-order valence-corrected chi connectivity index (χ1v) is 6.74. The van der Waals surface area contributed by atoms with E-state index < -0.39 is 5.97 Å². The smallest absolute Gasteiger partial charge is 0.328 e. The fraction of sp³-hybridized carbons (Fsp3) is 0.125. The molecule has 0 aliphatic rings. The summed E-state index contributed by atoms with van der Waals surface area (Å²) in [5, 5.41) is 9.15. The van der Waals surface area contributed by atoms with Gasteiger partial charge in [0, 0.05) is 42.8 Å². The quantitative estimate of drug-likeness (QED) is 0.859. The third kappa shape index (κ3) is 4.33. The molecule has 0 unspecified atom stereocenters. The van der Waals surface area contributed by atoms with E-state index >= 15 is 0 Å². The van der Waals surface area contributed by atoms with Gasteiger partial charge in [-0.15, -0.1) is 0 Å². The van der Waals surface area contributed by atoms with Gasteiger partial charge >= 0.3 is 5.97 Å². The highest BCUT2D eigenvalue weighted by atomic mass is 35.5. The summed E-state index contributed by atoms with van der Waals surface area (Å²) in [6.07, 6.45) is 6.07. The maximum Gasteiger partial charge on any atom is 0.328 e. The van der Waals surface area contributed by atoms with E-state index in [1.807, 2.05) is 31.3 Å². The zero-order chi connectivity index (χ0) is 15.2. The van der Waals surface area contributed by atoms with E-state index in [1.165, 1.54) is 6.08 Å². The lowest BCUT2D eigenvalue weighted by Crippen LogP contribution is -2.16. The molecule has 0 saturated carbocycles. The van der Waals surface area contributed by atoms with Gasteiger partial charge in [0.2, 0.25) is 0 Å². The molecule has 0 aliphatic carbocycles. The molecule has 2 rings (SSSR count). The number of carbonyl (C=O) groups is 1. The van der Waals surface area contributed by atoms with Gasteiger partial charge in [-0.1, -0.05) is 17.7 Å². The van der Waals surface area contributed by atoms with Crippen molar-refractivity contribution >= 4 is 29.3 Å². The Bertz CT molecular complexity index is 657. The number of aromatic nitrogens is 1. The Morgan fingerprint density at radius 1 is 1.33 bits per heavy atom. The lowest BCUT2D eigenvalue weighted by Gasteiger charge is -2.20. The fourth-order valence-corrected chi connectivity index (χ4v) is 2.14. The summed E-state index contributed by atoms with van der Waals surface area (Å²) in [6, 6.07) is 9.46. The maximum atomic E-state index is 10.5. The third-order valence-corrected chi connectivity index (χ3v) is 3.33. The first-order chi connectivity index (χ1) is 10.1. The van der Waals surface area contributed by atoms with Crippen LogP contribution in [-0.4, -0.2) is 23.1 Å². The van der Waals surface area contributed by atoms with Gasteiger partial charge in [-0.3, -0.25) is 4.98 Å². The van der Waals surface area contributed by atoms with E-state index in [0.29, 0.717) is 10.6 Å². The average molecular weight is 303 g/mol. The number of hydrogen-bond donors (Lipinski definition) is 1. The Hall–Kier alpha value is -2.33. The molecule has 1 heterocycles. The number of carboxylic acid groups (broad SMARTS) is 1. The van der Waals surface area contributed by atoms with Gasteiger partial charge in [0.1, 0.15) is 0 Å². The van der Waals surface area contributed by atoms with Crippen LogP contribution >= 0.6 is 11.6 Å². The van der Waals surface area contributed by atoms with Gasteiger partial charge in [0.25, 0.3) is 0 Å². The summed E-state index contributed by atoms with van der Waals surface area (Å²) < 4.78 is 0. The van der Waals surface area contributed by atoms with Crippen molar-refractivity contribution in [3.8, 4) is 0 Å². The minimum Gasteiger partial charge on any atom is -0.478 e. The Balaban J connectivity index is 2.14. The average Bonchev–Trinajstić information content (AvgIpc) is 2.46. The predicted molar refractivity (Wildman–Crippen MR) is 84.5 cm³/mol. The monoisotopic (exact) mass is 302 g/mol. The molecule has 1 aromatic carbocycles. The largest absolute Gasteiger partial charge is 0.478 e. The summed E-state index contributed by atoms with van der Waals surface area (Å²) in [5.74, 6) is -0.995. The van der Waals surface area contributed by atoms with E-state index in [4.69, 9.17) is 16.7 Å². The number of halogens is 1. The first-order valence-electron chi connectivity index (χ1n) is 6.37. The lowest BCUT2D eigenvalue weighted by molar-refractivity contribution is -0.131. The van der Waals surface area contributed by atoms with Crippen LogP contribution in [-0.2, 0) is 11.3 Å². The second kappa shape index (κ2) is 6.90. The number of pyridine rings is 1. The molecule has 0 spiro atoms. The molecule has 0 bridgehead atoms. The Kier molecular flexibility index (Phi) is 4.95. The number of hydrogen-bond acceptors (Lipinski definition) is 3. The molecular formula is C16H15ClN2O2. The van der Waals surface area contributed by atoms with Crippen LogP contribution in [0.2, 0.25) is 5.02 Å². The molecule has 0 saturated heterocycles. The van der Waals surface area contributed by atoms with Crippen LogP contribution in [0, 0.1) is 0 Å². The molecule has 4 nitrogen and oxygen atoms in total. The highest BCUT2D eigenvalue weighted by Crippen LogP contribution is 2.25. The number of aliphatic carboxylic acids is 1. The lowest BCUT2D eigenvalue weighted by atomic mass is 10.1. The molecule has 1 N–H and O–H groups in total. The van der Waals surface area contributed by atoms with Crippen molar-refractivity contribution in [3.05, 3.63) is 65.0 Å². The van der Waals surface area contributed by atoms with Gasteiger partial charge in [-0.05, 0) is 41.5 Å². The van der Waals surface area contributed by atoms with Crippen LogP contribution in [0.5, 0.6) is 0 Å². The third-order valence-electron chi connectivity index (χ3n) is 3.00. The molecule has 0 atom stereocenters. The van der Waals surface area contributed by atoms with E-state index in [-0.39, 0.29) is 0 Å². The normalized spacial score (nSPS) is 10.8. The van der Waals surface area contributed by atoms with Crippen molar-refractivity contribution in [2.45, 2.75) is 6.54 Å². The minimum absolute atomic E-state index is 0.520.